The lowest BCUT2D eigenvalue weighted by atomic mass is 9.64. The van der Waals surface area contributed by atoms with Gasteiger partial charge in [-0.3, -0.25) is 0 Å². The number of amides is 2. The molecule has 2 fully saturated rings. The van der Waals surface area contributed by atoms with E-state index in [9.17, 15) is 31.1 Å². The Morgan fingerprint density at radius 1 is 1.14 bits per heavy atom. The number of alkyl halides is 6. The molecule has 0 radical (unpaired) electrons. The van der Waals surface area contributed by atoms with E-state index in [0.717, 1.165) is 18.6 Å². The Bertz CT molecular complexity index is 1320. The molecule has 2 bridgehead atoms. The van der Waals surface area contributed by atoms with E-state index in [1.54, 1.807) is 11.8 Å². The number of aromatic nitrogens is 5. The third-order valence-electron chi connectivity index (χ3n) is 6.46. The molecule has 1 aromatic carbocycles. The number of urea groups is 1. The molecule has 3 aromatic rings. The van der Waals surface area contributed by atoms with Crippen molar-refractivity contribution in [2.45, 2.75) is 57.0 Å². The summed E-state index contributed by atoms with van der Waals surface area (Å²) in [7, 11) is 0. The second-order valence-corrected chi connectivity index (χ2v) is 9.11. The Hall–Kier alpha value is -3.65. The molecule has 36 heavy (non-hydrogen) atoms. The number of fused-ring (bicyclic) bond motifs is 2. The van der Waals surface area contributed by atoms with Crippen molar-refractivity contribution in [3.8, 4) is 5.69 Å². The Morgan fingerprint density at radius 3 is 2.50 bits per heavy atom. The number of carbonyl (C=O) groups is 1. The van der Waals surface area contributed by atoms with E-state index in [1.165, 1.54) is 0 Å². The van der Waals surface area contributed by atoms with Crippen LogP contribution in [0.4, 0.5) is 36.8 Å². The average Bonchev–Trinajstić information content (AvgIpc) is 3.41. The van der Waals surface area contributed by atoms with Crippen molar-refractivity contribution in [1.82, 2.24) is 30.1 Å². The number of carbonyl (C=O) groups excluding carboxylic acids is 1. The highest BCUT2D eigenvalue weighted by Crippen LogP contribution is 2.55. The molecule has 1 saturated heterocycles. The minimum atomic E-state index is -4.91. The van der Waals surface area contributed by atoms with Gasteiger partial charge in [0, 0.05) is 25.1 Å². The fraction of sp³-hybridized carbons (Fsp3) is 0.476. The highest BCUT2D eigenvalue weighted by atomic mass is 19.4. The largest absolute Gasteiger partial charge is 0.436 e. The maximum Gasteiger partial charge on any atom is 0.436 e. The van der Waals surface area contributed by atoms with E-state index >= 15 is 0 Å². The molecule has 1 N–H and O–H groups in total. The van der Waals surface area contributed by atoms with E-state index in [-0.39, 0.29) is 28.3 Å². The molecule has 1 aliphatic heterocycles. The molecule has 3 heterocycles. The van der Waals surface area contributed by atoms with Gasteiger partial charge in [-0.1, -0.05) is 6.92 Å². The number of aryl methyl sites for hydroxylation is 1. The molecule has 5 rings (SSSR count). The van der Waals surface area contributed by atoms with Crippen LogP contribution in [0.15, 0.2) is 28.8 Å². The molecule has 15 heteroatoms. The summed E-state index contributed by atoms with van der Waals surface area (Å²) in [4.78, 5) is 15.1. The third-order valence-corrected chi connectivity index (χ3v) is 6.46. The summed E-state index contributed by atoms with van der Waals surface area (Å²) in [5.74, 6) is 0.886. The highest BCUT2D eigenvalue weighted by Gasteiger charge is 2.62. The summed E-state index contributed by atoms with van der Waals surface area (Å²) < 4.78 is 85.2. The van der Waals surface area contributed by atoms with Gasteiger partial charge < -0.3 is 14.6 Å². The zero-order valence-electron chi connectivity index (χ0n) is 18.9. The summed E-state index contributed by atoms with van der Waals surface area (Å²) >= 11 is 0. The van der Waals surface area contributed by atoms with E-state index in [2.05, 4.69) is 25.7 Å². The van der Waals surface area contributed by atoms with Gasteiger partial charge in [-0.15, -0.1) is 15.3 Å². The normalized spacial score (nSPS) is 23.9. The number of halogens is 6. The number of nitrogens with one attached hydrogen (secondary N) is 1. The first-order valence-corrected chi connectivity index (χ1v) is 10.9. The van der Waals surface area contributed by atoms with Crippen LogP contribution < -0.4 is 5.32 Å². The molecular formula is C21H19F6N7O2. The molecule has 2 aromatic heterocycles. The monoisotopic (exact) mass is 515 g/mol. The van der Waals surface area contributed by atoms with Gasteiger partial charge in [0.25, 0.3) is 0 Å². The summed E-state index contributed by atoms with van der Waals surface area (Å²) in [6.07, 6.45) is -7.59. The fourth-order valence-corrected chi connectivity index (χ4v) is 5.14. The van der Waals surface area contributed by atoms with Crippen LogP contribution in [0.2, 0.25) is 0 Å². The highest BCUT2D eigenvalue weighted by molar-refractivity contribution is 5.91. The molecular weight excluding hydrogens is 496 g/mol. The number of rotatable bonds is 3. The van der Waals surface area contributed by atoms with Gasteiger partial charge in [-0.2, -0.15) is 36.2 Å². The van der Waals surface area contributed by atoms with Crippen LogP contribution in [0.25, 0.3) is 5.69 Å². The molecule has 3 atom stereocenters. The topological polar surface area (TPSA) is 102 Å². The molecule has 9 nitrogen and oxygen atoms in total. The van der Waals surface area contributed by atoms with Crippen LogP contribution in [0, 0.1) is 12.8 Å². The van der Waals surface area contributed by atoms with E-state index < -0.39 is 40.9 Å². The van der Waals surface area contributed by atoms with E-state index in [0.29, 0.717) is 31.0 Å². The van der Waals surface area contributed by atoms with Gasteiger partial charge in [-0.05, 0) is 37.0 Å². The number of anilines is 1. The first kappa shape index (κ1) is 24.1. The van der Waals surface area contributed by atoms with Crippen molar-refractivity contribution < 1.29 is 35.6 Å². The first-order chi connectivity index (χ1) is 16.8. The summed E-state index contributed by atoms with van der Waals surface area (Å²) in [6.45, 7) is 3.66. The molecule has 0 unspecified atom stereocenters. The molecule has 1 saturated carbocycles. The van der Waals surface area contributed by atoms with Crippen LogP contribution in [-0.2, 0) is 17.9 Å². The van der Waals surface area contributed by atoms with Gasteiger partial charge >= 0.3 is 18.4 Å². The van der Waals surface area contributed by atoms with Crippen LogP contribution in [0.3, 0.4) is 0 Å². The quantitative estimate of drug-likeness (QED) is 0.497. The van der Waals surface area contributed by atoms with Crippen molar-refractivity contribution in [2.24, 2.45) is 5.92 Å². The average molecular weight is 515 g/mol. The minimum Gasteiger partial charge on any atom is -0.423 e. The van der Waals surface area contributed by atoms with E-state index in [4.69, 9.17) is 4.42 Å². The third kappa shape index (κ3) is 3.95. The number of nitrogens with zero attached hydrogens (tertiary/aromatic N) is 6. The molecule has 2 aliphatic rings. The predicted molar refractivity (Wildman–Crippen MR) is 110 cm³/mol. The fourth-order valence-electron chi connectivity index (χ4n) is 5.14. The molecule has 0 spiro atoms. The van der Waals surface area contributed by atoms with Crippen molar-refractivity contribution >= 4 is 11.7 Å². The zero-order chi connectivity index (χ0) is 26.0. The van der Waals surface area contributed by atoms with Crippen LogP contribution >= 0.6 is 0 Å². The molecule has 192 valence electrons. The first-order valence-electron chi connectivity index (χ1n) is 10.9. The lowest BCUT2D eigenvalue weighted by Crippen LogP contribution is -2.70. The SMILES string of the molecule is Cc1nnc([C@@]23C[C@H](C)C[C@@H](C2)N3C(=O)Nc2ccc(C(F)(F)F)c(-n3ncc(C(F)(F)F)n3)c2)o1. The zero-order valence-corrected chi connectivity index (χ0v) is 18.9. The lowest BCUT2D eigenvalue weighted by Gasteiger charge is -2.61. The number of benzene rings is 1. The van der Waals surface area contributed by atoms with Gasteiger partial charge in [0.05, 0.1) is 17.4 Å². The smallest absolute Gasteiger partial charge is 0.423 e. The standard InChI is InChI=1S/C21H19F6N7O2/c1-10-5-13-8-19(7-10,17-31-30-11(2)36-17)33(13)18(35)29-12-3-4-14(20(22,23)24)15(6-12)34-28-9-16(32-34)21(25,26)27/h3-4,6,9-10,13H,5,7-8H2,1-2H3,(H,29,35)/t10-,13+,19-/m1/s1. The Morgan fingerprint density at radius 2 is 1.89 bits per heavy atom. The minimum absolute atomic E-state index is 0.0799. The maximum absolute atomic E-state index is 13.6. The summed E-state index contributed by atoms with van der Waals surface area (Å²) in [5, 5.41) is 17.0. The summed E-state index contributed by atoms with van der Waals surface area (Å²) in [6, 6.07) is 1.79. The summed E-state index contributed by atoms with van der Waals surface area (Å²) in [5.41, 5.74) is -4.41. The van der Waals surface area contributed by atoms with Crippen molar-refractivity contribution in [3.05, 3.63) is 47.4 Å². The van der Waals surface area contributed by atoms with Crippen LogP contribution in [0.5, 0.6) is 0 Å². The number of likely N-dealkylation sites (tertiary alicyclic amines) is 1. The van der Waals surface area contributed by atoms with Gasteiger partial charge in [-0.25, -0.2) is 4.79 Å². The van der Waals surface area contributed by atoms with Gasteiger partial charge in [0.1, 0.15) is 5.54 Å². The van der Waals surface area contributed by atoms with Crippen molar-refractivity contribution in [3.63, 3.8) is 0 Å². The number of piperidine rings is 1. The maximum atomic E-state index is 13.6. The second-order valence-electron chi connectivity index (χ2n) is 9.11. The molecule has 1 aliphatic carbocycles. The van der Waals surface area contributed by atoms with Crippen LogP contribution in [-0.4, -0.2) is 42.2 Å². The van der Waals surface area contributed by atoms with Crippen molar-refractivity contribution in [1.29, 1.82) is 0 Å². The predicted octanol–water partition coefficient (Wildman–Crippen LogP) is 4.93. The second kappa shape index (κ2) is 7.93. The Labute approximate surface area is 199 Å². The van der Waals surface area contributed by atoms with E-state index in [1.807, 2.05) is 6.92 Å². The van der Waals surface area contributed by atoms with Gasteiger partial charge in [0.15, 0.2) is 5.69 Å². The lowest BCUT2D eigenvalue weighted by molar-refractivity contribution is -0.141. The van der Waals surface area contributed by atoms with Crippen LogP contribution in [0.1, 0.15) is 49.2 Å². The Balaban J connectivity index is 1.47. The van der Waals surface area contributed by atoms with Crippen molar-refractivity contribution in [2.75, 3.05) is 5.32 Å². The van der Waals surface area contributed by atoms with Gasteiger partial charge in [0.2, 0.25) is 11.8 Å². The number of hydrogen-bond donors (Lipinski definition) is 1. The Kier molecular flexibility index (Phi) is 5.30. The molecule has 2 amide bonds. The number of hydrogen-bond acceptors (Lipinski definition) is 6.